The number of fused-ring (bicyclic) bond motifs is 2. The van der Waals surface area contributed by atoms with Gasteiger partial charge in [0.25, 0.3) is 0 Å². The van der Waals surface area contributed by atoms with Gasteiger partial charge in [-0.1, -0.05) is 36.4 Å². The Hall–Kier alpha value is -6.25. The molecule has 16 nitrogen and oxygen atoms in total. The van der Waals surface area contributed by atoms with Crippen LogP contribution in [-0.4, -0.2) is 118 Å². The number of ether oxygens (including phenoxy) is 4. The summed E-state index contributed by atoms with van der Waals surface area (Å²) in [5.74, 6) is 0.738. The molecule has 384 valence electrons. The van der Waals surface area contributed by atoms with Crippen LogP contribution in [0.3, 0.4) is 0 Å². The van der Waals surface area contributed by atoms with Gasteiger partial charge in [0.2, 0.25) is 11.1 Å². The van der Waals surface area contributed by atoms with Crippen molar-refractivity contribution < 1.29 is 37.3 Å². The molecule has 4 aromatic carbocycles. The number of hydrogen-bond acceptors (Lipinski definition) is 15. The molecule has 21 heteroatoms. The first-order valence-corrected chi connectivity index (χ1v) is 24.7. The van der Waals surface area contributed by atoms with Crippen molar-refractivity contribution in [2.45, 2.75) is 61.9 Å². The molecule has 0 radical (unpaired) electrons. The molecule has 6 aromatic rings. The number of likely N-dealkylation sites (tertiary alicyclic amines) is 2. The van der Waals surface area contributed by atoms with Gasteiger partial charge in [-0.15, -0.1) is 0 Å². The number of amides is 1. The van der Waals surface area contributed by atoms with E-state index in [1.807, 2.05) is 6.07 Å². The summed E-state index contributed by atoms with van der Waals surface area (Å²) in [5, 5.41) is 10.0. The fraction of sp³-hybridized carbons (Fsp3) is 0.346. The number of allylic oxidation sites excluding steroid dienone is 1. The summed E-state index contributed by atoms with van der Waals surface area (Å²) in [7, 11) is 4.26. The Labute approximate surface area is 436 Å². The van der Waals surface area contributed by atoms with E-state index in [9.17, 15) is 18.4 Å². The quantitative estimate of drug-likeness (QED) is 0.0544. The highest BCUT2D eigenvalue weighted by Gasteiger charge is 2.44. The first-order valence-electron chi connectivity index (χ1n) is 23.5. The van der Waals surface area contributed by atoms with Gasteiger partial charge >= 0.3 is 0 Å². The maximum Gasteiger partial charge on any atom is 0.247 e. The van der Waals surface area contributed by atoms with Crippen LogP contribution in [0, 0.1) is 11.6 Å². The SMILES string of the molecule is C=CC(=O)Cl.C=CC(=O)Nc1cc2c(Nc3ccc(F)c(Cl)c3)ncnc2cc1OC1COC2(CCN(C)CC2)C1.CN1CCC2(CC1)CC(Oc1cc3ncnc(Nc4ccc(F)c(Cl)c4)c3cc1N)CO2. The Morgan fingerprint density at radius 1 is 0.712 bits per heavy atom. The maximum absolute atomic E-state index is 13.6. The number of carbonyl (C=O) groups excluding carboxylic acids is 2. The lowest BCUT2D eigenvalue weighted by Crippen LogP contribution is -2.42. The minimum Gasteiger partial charge on any atom is -0.486 e. The van der Waals surface area contributed by atoms with Gasteiger partial charge in [0.05, 0.1) is 56.9 Å². The lowest BCUT2D eigenvalue weighted by molar-refractivity contribution is -0.112. The normalized spacial score (nSPS) is 19.1. The molecule has 6 heterocycles. The van der Waals surface area contributed by atoms with E-state index in [0.29, 0.717) is 75.5 Å². The Kier molecular flexibility index (Phi) is 16.9. The summed E-state index contributed by atoms with van der Waals surface area (Å²) >= 11 is 16.5. The summed E-state index contributed by atoms with van der Waals surface area (Å²) in [6, 6.07) is 15.9. The Morgan fingerprint density at radius 2 is 1.16 bits per heavy atom. The number of nitrogens with two attached hydrogens (primary N) is 1. The Balaban J connectivity index is 0.000000179. The van der Waals surface area contributed by atoms with Crippen molar-refractivity contribution in [3.05, 3.63) is 120 Å². The average Bonchev–Trinajstić information content (AvgIpc) is 3.97. The van der Waals surface area contributed by atoms with Gasteiger partial charge in [-0.25, -0.2) is 28.7 Å². The molecule has 0 bridgehead atoms. The van der Waals surface area contributed by atoms with E-state index in [1.54, 1.807) is 30.3 Å². The number of aromatic nitrogens is 4. The molecule has 4 saturated heterocycles. The average molecular weight is 1060 g/mol. The molecule has 0 aliphatic carbocycles. The van der Waals surface area contributed by atoms with Crippen LogP contribution in [0.5, 0.6) is 11.5 Å². The van der Waals surface area contributed by atoms with Crippen molar-refractivity contribution in [3.63, 3.8) is 0 Å². The summed E-state index contributed by atoms with van der Waals surface area (Å²) in [6.07, 6.45) is 10.6. The van der Waals surface area contributed by atoms with Gasteiger partial charge in [-0.05, 0) is 112 Å². The fourth-order valence-electron chi connectivity index (χ4n) is 9.15. The van der Waals surface area contributed by atoms with Crippen LogP contribution in [0.15, 0.2) is 98.6 Å². The second-order valence-electron chi connectivity index (χ2n) is 18.4. The van der Waals surface area contributed by atoms with E-state index >= 15 is 0 Å². The van der Waals surface area contributed by atoms with E-state index in [4.69, 9.17) is 59.5 Å². The van der Waals surface area contributed by atoms with Crippen LogP contribution < -0.4 is 31.2 Å². The molecule has 2 unspecified atom stereocenters. The van der Waals surface area contributed by atoms with Crippen LogP contribution in [-0.2, 0) is 19.1 Å². The highest BCUT2D eigenvalue weighted by atomic mass is 35.5. The number of halogens is 5. The number of benzene rings is 4. The van der Waals surface area contributed by atoms with Gasteiger partial charge in [-0.3, -0.25) is 9.59 Å². The maximum atomic E-state index is 13.6. The minimum atomic E-state index is -0.510. The molecule has 0 saturated carbocycles. The standard InChI is InChI=1S/C26H27ClFN5O3.C23H25ClFN5O2.C3H3ClO/c1-3-24(34)32-22-11-18-21(29-15-30-25(18)31-16-4-5-20(28)19(27)10-16)12-23(22)36-17-13-26(35-14-17)6-8-33(2)9-7-26;1-30-6-4-23(5-7-30)11-15(12-31-23)32-21-10-20-16(9-19(21)26)22(28-13-27-20)29-14-2-3-18(25)17(24)8-14;1-2-3(4)5/h3-5,10-12,15,17H,1,6-9,13-14H2,2H3,(H,32,34)(H,29,30,31);2-3,8-10,13,15H,4-7,11-12,26H2,1H3,(H,27,28,29);2H,1H2. The predicted octanol–water partition coefficient (Wildman–Crippen LogP) is 10.2. The number of nitrogen functional groups attached to an aromatic ring is 1. The van der Waals surface area contributed by atoms with Crippen molar-refractivity contribution in [2.75, 3.05) is 75.2 Å². The fourth-order valence-corrected chi connectivity index (χ4v) is 9.51. The zero-order valence-electron chi connectivity index (χ0n) is 40.2. The number of nitrogens with one attached hydrogen (secondary N) is 3. The van der Waals surface area contributed by atoms with E-state index in [1.165, 1.54) is 43.0 Å². The molecule has 4 fully saturated rings. The number of piperidine rings is 2. The molecule has 10 rings (SSSR count). The third kappa shape index (κ3) is 13.3. The Bertz CT molecular complexity index is 3010. The number of hydrogen-bond donors (Lipinski definition) is 4. The molecule has 5 N–H and O–H groups in total. The van der Waals surface area contributed by atoms with Crippen molar-refractivity contribution in [2.24, 2.45) is 0 Å². The van der Waals surface area contributed by atoms with E-state index in [-0.39, 0.29) is 39.4 Å². The van der Waals surface area contributed by atoms with Gasteiger partial charge in [0.15, 0.2) is 0 Å². The molecule has 4 aliphatic rings. The third-order valence-corrected chi connectivity index (χ3v) is 13.9. The molecule has 1 amide bonds. The van der Waals surface area contributed by atoms with Crippen molar-refractivity contribution in [3.8, 4) is 11.5 Å². The minimum absolute atomic E-state index is 0.00542. The molecular weight excluding hydrogens is 1000 g/mol. The second kappa shape index (κ2) is 23.3. The molecule has 4 aliphatic heterocycles. The third-order valence-electron chi connectivity index (χ3n) is 13.2. The molecule has 73 heavy (non-hydrogen) atoms. The van der Waals surface area contributed by atoms with Crippen LogP contribution in [0.2, 0.25) is 10.0 Å². The summed E-state index contributed by atoms with van der Waals surface area (Å²) in [6.45, 7) is 11.7. The summed E-state index contributed by atoms with van der Waals surface area (Å²) in [4.78, 5) is 43.7. The summed E-state index contributed by atoms with van der Waals surface area (Å²) in [5.41, 5.74) is 9.52. The van der Waals surface area contributed by atoms with Crippen molar-refractivity contribution >= 4 is 102 Å². The lowest BCUT2D eigenvalue weighted by Gasteiger charge is -2.36. The lowest BCUT2D eigenvalue weighted by atomic mass is 9.88. The zero-order chi connectivity index (χ0) is 51.9. The second-order valence-corrected chi connectivity index (χ2v) is 19.6. The van der Waals surface area contributed by atoms with Crippen LogP contribution >= 0.6 is 34.8 Å². The number of anilines is 6. The van der Waals surface area contributed by atoms with Crippen LogP contribution in [0.4, 0.5) is 43.2 Å². The molecular formula is C52H55Cl3F2N10O6. The number of nitrogens with zero attached hydrogens (tertiary/aromatic N) is 6. The van der Waals surface area contributed by atoms with Crippen LogP contribution in [0.25, 0.3) is 21.8 Å². The molecule has 2 aromatic heterocycles. The van der Waals surface area contributed by atoms with Gasteiger partial charge < -0.3 is 50.4 Å². The van der Waals surface area contributed by atoms with Gasteiger partial charge in [-0.2, -0.15) is 0 Å². The number of rotatable bonds is 11. The van der Waals surface area contributed by atoms with Crippen LogP contribution in [0.1, 0.15) is 38.5 Å². The molecule has 2 spiro atoms. The highest BCUT2D eigenvalue weighted by Crippen LogP contribution is 2.42. The Morgan fingerprint density at radius 3 is 1.62 bits per heavy atom. The first-order chi connectivity index (χ1) is 35.0. The zero-order valence-corrected chi connectivity index (χ0v) is 42.5. The topological polar surface area (TPSA) is 191 Å². The highest BCUT2D eigenvalue weighted by molar-refractivity contribution is 6.66. The van der Waals surface area contributed by atoms with Gasteiger partial charge in [0.1, 0.15) is 59.6 Å². The monoisotopic (exact) mass is 1060 g/mol. The predicted molar refractivity (Wildman–Crippen MR) is 282 cm³/mol. The molecule has 2 atom stereocenters. The van der Waals surface area contributed by atoms with E-state index in [2.05, 4.69) is 72.9 Å². The smallest absolute Gasteiger partial charge is 0.247 e. The first kappa shape index (κ1) is 53.1. The summed E-state index contributed by atoms with van der Waals surface area (Å²) < 4.78 is 52.1. The van der Waals surface area contributed by atoms with Gasteiger partial charge in [0, 0.05) is 73.3 Å². The van der Waals surface area contributed by atoms with Crippen molar-refractivity contribution in [1.29, 1.82) is 0 Å². The van der Waals surface area contributed by atoms with E-state index < -0.39 is 16.9 Å². The number of carbonyl (C=O) groups is 2. The van der Waals surface area contributed by atoms with Crippen molar-refractivity contribution in [1.82, 2.24) is 29.7 Å². The van der Waals surface area contributed by atoms with E-state index in [0.717, 1.165) is 76.2 Å². The largest absolute Gasteiger partial charge is 0.486 e.